The second-order valence-electron chi connectivity index (χ2n) is 16.5. The molecule has 12 atom stereocenters. The molecule has 12 unspecified atom stereocenters. The minimum absolute atomic E-state index is 0.406. The summed E-state index contributed by atoms with van der Waals surface area (Å²) in [6.45, 7) is 0. The molecule has 4 nitrogen and oxygen atoms in total. The van der Waals surface area contributed by atoms with E-state index in [1.54, 1.807) is 5.70 Å². The van der Waals surface area contributed by atoms with Crippen molar-refractivity contribution in [2.75, 3.05) is 0 Å². The Bertz CT molecular complexity index is 1230. The van der Waals surface area contributed by atoms with Gasteiger partial charge in [0, 0.05) is 18.1 Å². The normalized spacial score (nSPS) is 45.2. The third kappa shape index (κ3) is 5.28. The molecule has 10 bridgehead atoms. The lowest BCUT2D eigenvalue weighted by Gasteiger charge is -2.55. The van der Waals surface area contributed by atoms with Crippen molar-refractivity contribution in [3.8, 4) is 0 Å². The standard InChI is InChI=1S/C40H57N3O/c1-2-9-26(10-3-1)34-25-35-31-14-6-11-27(21-31)30-19-20-39-37(24-30)43(36-17-4-5-18-38(36)44-39)33-16-8-13-29(23-33)28-12-7-15-32(22-28)40(41-34)42-35/h1-3,5,9-10,18,27-35,37,39-42H,4,6-8,11-17,19-25H2. The molecule has 1 aromatic carbocycles. The van der Waals surface area contributed by atoms with E-state index >= 15 is 0 Å². The Morgan fingerprint density at radius 1 is 0.659 bits per heavy atom. The third-order valence-corrected chi connectivity index (χ3v) is 14.3. The minimum Gasteiger partial charge on any atom is -0.486 e. The summed E-state index contributed by atoms with van der Waals surface area (Å²) in [5.41, 5.74) is 3.11. The van der Waals surface area contributed by atoms with Gasteiger partial charge in [-0.05, 0) is 124 Å². The van der Waals surface area contributed by atoms with Gasteiger partial charge in [0.25, 0.3) is 0 Å². The van der Waals surface area contributed by atoms with E-state index in [0.29, 0.717) is 30.4 Å². The van der Waals surface area contributed by atoms with Gasteiger partial charge >= 0.3 is 0 Å². The van der Waals surface area contributed by atoms with Crippen LogP contribution < -0.4 is 10.6 Å². The maximum Gasteiger partial charge on any atom is 0.138 e. The first-order chi connectivity index (χ1) is 21.8. The number of ether oxygens (including phenoxy) is 1. The molecule has 8 aliphatic rings. The monoisotopic (exact) mass is 595 g/mol. The van der Waals surface area contributed by atoms with Gasteiger partial charge in [-0.2, -0.15) is 0 Å². The average Bonchev–Trinajstić information content (AvgIpc) is 3.10. The molecule has 1 aromatic rings. The van der Waals surface area contributed by atoms with Crippen LogP contribution >= 0.6 is 0 Å². The molecule has 4 saturated carbocycles. The lowest BCUT2D eigenvalue weighted by atomic mass is 9.65. The van der Waals surface area contributed by atoms with Gasteiger partial charge in [-0.1, -0.05) is 74.9 Å². The maximum absolute atomic E-state index is 6.90. The molecule has 3 aliphatic heterocycles. The van der Waals surface area contributed by atoms with E-state index in [4.69, 9.17) is 4.74 Å². The number of fused-ring (bicyclic) bond motifs is 15. The van der Waals surface area contributed by atoms with E-state index < -0.39 is 0 Å². The molecule has 238 valence electrons. The van der Waals surface area contributed by atoms with Gasteiger partial charge in [-0.3, -0.25) is 10.6 Å². The summed E-state index contributed by atoms with van der Waals surface area (Å²) >= 11 is 0. The molecule has 2 N–H and O–H groups in total. The summed E-state index contributed by atoms with van der Waals surface area (Å²) in [7, 11) is 0. The van der Waals surface area contributed by atoms with Crippen LogP contribution in [0.15, 0.2) is 53.9 Å². The highest BCUT2D eigenvalue weighted by molar-refractivity contribution is 5.28. The number of hydrogen-bond donors (Lipinski definition) is 2. The van der Waals surface area contributed by atoms with Crippen LogP contribution in [0.1, 0.15) is 127 Å². The summed E-state index contributed by atoms with van der Waals surface area (Å²) in [4.78, 5) is 3.07. The van der Waals surface area contributed by atoms with Crippen LogP contribution in [0.4, 0.5) is 0 Å². The Labute approximate surface area is 266 Å². The van der Waals surface area contributed by atoms with Crippen LogP contribution in [-0.4, -0.2) is 35.3 Å². The van der Waals surface area contributed by atoms with Crippen molar-refractivity contribution in [3.63, 3.8) is 0 Å². The van der Waals surface area contributed by atoms with Crippen molar-refractivity contribution in [3.05, 3.63) is 59.5 Å². The van der Waals surface area contributed by atoms with Gasteiger partial charge in [0.2, 0.25) is 0 Å². The van der Waals surface area contributed by atoms with Gasteiger partial charge in [-0.25, -0.2) is 0 Å². The highest BCUT2D eigenvalue weighted by atomic mass is 16.5. The SMILES string of the molecule is C1=CC2=C(CC1)N1C3CCCC(C3)C3CCCC(C3)C3NC(c4ccccc4)CC(N3)C3CCCC(C3)C3CCC(O2)C1C3. The maximum atomic E-state index is 6.90. The van der Waals surface area contributed by atoms with Crippen molar-refractivity contribution in [2.45, 2.75) is 152 Å². The van der Waals surface area contributed by atoms with E-state index in [0.717, 1.165) is 41.5 Å². The Balaban J connectivity index is 1.07. The molecule has 4 heteroatoms. The van der Waals surface area contributed by atoms with E-state index in [1.807, 2.05) is 0 Å². The van der Waals surface area contributed by atoms with E-state index in [-0.39, 0.29) is 0 Å². The molecule has 0 amide bonds. The molecular formula is C40H57N3O. The number of nitrogens with one attached hydrogen (secondary N) is 2. The lowest BCUT2D eigenvalue weighted by molar-refractivity contribution is -0.0692. The summed E-state index contributed by atoms with van der Waals surface area (Å²) in [5, 5.41) is 8.61. The first-order valence-electron chi connectivity index (χ1n) is 19.2. The topological polar surface area (TPSA) is 36.5 Å². The Morgan fingerprint density at radius 2 is 1.39 bits per heavy atom. The molecule has 2 saturated heterocycles. The fourth-order valence-corrected chi connectivity index (χ4v) is 12.2. The lowest BCUT2D eigenvalue weighted by Crippen LogP contribution is -2.61. The molecular weight excluding hydrogens is 538 g/mol. The van der Waals surface area contributed by atoms with Crippen LogP contribution in [0.2, 0.25) is 0 Å². The number of allylic oxidation sites excluding steroid dienone is 3. The largest absolute Gasteiger partial charge is 0.486 e. The summed E-state index contributed by atoms with van der Waals surface area (Å²) in [5.74, 6) is 6.41. The predicted octanol–water partition coefficient (Wildman–Crippen LogP) is 8.62. The van der Waals surface area contributed by atoms with E-state index in [9.17, 15) is 0 Å². The summed E-state index contributed by atoms with van der Waals surface area (Å²) in [6.07, 6.45) is 30.5. The van der Waals surface area contributed by atoms with Crippen molar-refractivity contribution >= 4 is 0 Å². The zero-order chi connectivity index (χ0) is 29.0. The van der Waals surface area contributed by atoms with Crippen LogP contribution in [0.5, 0.6) is 0 Å². The van der Waals surface area contributed by atoms with Crippen molar-refractivity contribution in [2.24, 2.45) is 35.5 Å². The number of nitrogens with zero attached hydrogens (tertiary/aromatic N) is 1. The second-order valence-corrected chi connectivity index (χ2v) is 16.5. The Kier molecular flexibility index (Phi) is 7.82. The fraction of sp³-hybridized carbons (Fsp3) is 0.750. The number of rotatable bonds is 1. The minimum atomic E-state index is 0.406. The van der Waals surface area contributed by atoms with Crippen molar-refractivity contribution in [1.82, 2.24) is 15.5 Å². The van der Waals surface area contributed by atoms with Gasteiger partial charge in [0.05, 0.1) is 17.9 Å². The van der Waals surface area contributed by atoms with Crippen LogP contribution in [0.25, 0.3) is 0 Å². The predicted molar refractivity (Wildman–Crippen MR) is 178 cm³/mol. The van der Waals surface area contributed by atoms with E-state index in [2.05, 4.69) is 58.0 Å². The number of hydrogen-bond acceptors (Lipinski definition) is 4. The highest BCUT2D eigenvalue weighted by Gasteiger charge is 2.48. The Hall–Kier alpha value is -1.78. The zero-order valence-corrected chi connectivity index (χ0v) is 27.1. The zero-order valence-electron chi connectivity index (χ0n) is 27.1. The van der Waals surface area contributed by atoms with Crippen molar-refractivity contribution in [1.29, 1.82) is 0 Å². The van der Waals surface area contributed by atoms with Crippen LogP contribution in [0.3, 0.4) is 0 Å². The highest BCUT2D eigenvalue weighted by Crippen LogP contribution is 2.50. The van der Waals surface area contributed by atoms with Gasteiger partial charge < -0.3 is 9.64 Å². The van der Waals surface area contributed by atoms with Gasteiger partial charge in [0.15, 0.2) is 0 Å². The van der Waals surface area contributed by atoms with E-state index in [1.165, 1.54) is 127 Å². The van der Waals surface area contributed by atoms with Crippen LogP contribution in [0, 0.1) is 35.5 Å². The molecule has 44 heavy (non-hydrogen) atoms. The average molecular weight is 596 g/mol. The van der Waals surface area contributed by atoms with Gasteiger partial charge in [0.1, 0.15) is 11.9 Å². The molecule has 5 aliphatic carbocycles. The molecule has 6 fully saturated rings. The van der Waals surface area contributed by atoms with Gasteiger partial charge in [-0.15, -0.1) is 0 Å². The fourth-order valence-electron chi connectivity index (χ4n) is 12.2. The quantitative estimate of drug-likeness (QED) is 0.341. The molecule has 0 aromatic heterocycles. The van der Waals surface area contributed by atoms with Crippen molar-refractivity contribution < 1.29 is 4.74 Å². The molecule has 0 radical (unpaired) electrons. The van der Waals surface area contributed by atoms with Crippen LogP contribution in [-0.2, 0) is 4.74 Å². The molecule has 0 spiro atoms. The number of benzene rings is 1. The second kappa shape index (κ2) is 12.1. The summed E-state index contributed by atoms with van der Waals surface area (Å²) in [6, 6.07) is 13.9. The molecule has 9 rings (SSSR count). The Morgan fingerprint density at radius 3 is 2.25 bits per heavy atom. The first kappa shape index (κ1) is 28.4. The molecule has 3 heterocycles. The smallest absolute Gasteiger partial charge is 0.138 e. The summed E-state index contributed by atoms with van der Waals surface area (Å²) < 4.78 is 6.90. The first-order valence-corrected chi connectivity index (χ1v) is 19.2. The third-order valence-electron chi connectivity index (χ3n) is 14.3.